The molecule has 0 bridgehead atoms. The van der Waals surface area contributed by atoms with Crippen molar-refractivity contribution in [3.8, 4) is 0 Å². The first-order chi connectivity index (χ1) is 10.8. The first-order valence-electron chi connectivity index (χ1n) is 8.40. The predicted octanol–water partition coefficient (Wildman–Crippen LogP) is 5.35. The Hall–Kier alpha value is -1.35. The fourth-order valence-corrected chi connectivity index (χ4v) is 4.04. The van der Waals surface area contributed by atoms with Gasteiger partial charge in [-0.1, -0.05) is 62.6 Å². The van der Waals surface area contributed by atoms with Crippen LogP contribution in [0.1, 0.15) is 61.8 Å². The van der Waals surface area contributed by atoms with Crippen molar-refractivity contribution in [2.75, 3.05) is 0 Å². The average molecular weight is 312 g/mol. The van der Waals surface area contributed by atoms with E-state index in [1.807, 2.05) is 11.8 Å². The number of nitrogens with zero attached hydrogens (tertiary/aromatic N) is 2. The highest BCUT2D eigenvalue weighted by Crippen LogP contribution is 2.39. The maximum absolute atomic E-state index is 4.86. The zero-order chi connectivity index (χ0) is 15.4. The maximum Gasteiger partial charge on any atom is 0.128 e. The van der Waals surface area contributed by atoms with Crippen molar-refractivity contribution >= 4 is 11.8 Å². The van der Waals surface area contributed by atoms with Crippen LogP contribution < -0.4 is 0 Å². The molecule has 1 aliphatic heterocycles. The van der Waals surface area contributed by atoms with Gasteiger partial charge in [0.1, 0.15) is 5.82 Å². The zero-order valence-corrected chi connectivity index (χ0v) is 14.4. The number of aryl methyl sites for hydroxylation is 2. The molecule has 2 aromatic rings. The molecule has 22 heavy (non-hydrogen) atoms. The summed E-state index contributed by atoms with van der Waals surface area (Å²) in [5.74, 6) is 1.03. The molecule has 0 unspecified atom stereocenters. The topological polar surface area (TPSA) is 25.8 Å². The summed E-state index contributed by atoms with van der Waals surface area (Å²) in [7, 11) is 0. The van der Waals surface area contributed by atoms with Crippen molar-refractivity contribution in [3.63, 3.8) is 0 Å². The van der Waals surface area contributed by atoms with Gasteiger partial charge in [0, 0.05) is 17.7 Å². The lowest BCUT2D eigenvalue weighted by atomic mass is 10.1. The van der Waals surface area contributed by atoms with Crippen molar-refractivity contribution < 1.29 is 0 Å². The number of hydrogen-bond acceptors (Lipinski definition) is 3. The van der Waals surface area contributed by atoms with Gasteiger partial charge in [-0.05, 0) is 25.0 Å². The smallest absolute Gasteiger partial charge is 0.128 e. The molecule has 0 radical (unpaired) electrons. The minimum atomic E-state index is 0.949. The monoisotopic (exact) mass is 312 g/mol. The minimum Gasteiger partial charge on any atom is -0.237 e. The Kier molecular flexibility index (Phi) is 5.14. The highest BCUT2D eigenvalue weighted by atomic mass is 32.2. The fraction of sp³-hybridized carbons (Fsp3) is 0.474. The third-order valence-electron chi connectivity index (χ3n) is 4.20. The van der Waals surface area contributed by atoms with E-state index < -0.39 is 0 Å². The summed E-state index contributed by atoms with van der Waals surface area (Å²) in [5, 5.41) is 0. The Labute approximate surface area is 137 Å². The molecule has 1 aromatic carbocycles. The van der Waals surface area contributed by atoms with Crippen molar-refractivity contribution in [2.24, 2.45) is 0 Å². The number of rotatable bonds is 6. The summed E-state index contributed by atoms with van der Waals surface area (Å²) in [5.41, 5.74) is 3.76. The second-order valence-electron chi connectivity index (χ2n) is 6.05. The van der Waals surface area contributed by atoms with Crippen LogP contribution in [0.15, 0.2) is 34.1 Å². The number of fused-ring (bicyclic) bond motifs is 2. The highest BCUT2D eigenvalue weighted by Gasteiger charge is 2.20. The summed E-state index contributed by atoms with van der Waals surface area (Å²) in [4.78, 5) is 12.2. The van der Waals surface area contributed by atoms with Gasteiger partial charge in [0.2, 0.25) is 0 Å². The molecular formula is C19H24N2S. The van der Waals surface area contributed by atoms with E-state index in [1.165, 1.54) is 53.2 Å². The van der Waals surface area contributed by atoms with Crippen molar-refractivity contribution in [1.29, 1.82) is 0 Å². The van der Waals surface area contributed by atoms with Crippen LogP contribution in [-0.4, -0.2) is 9.97 Å². The molecule has 1 aliphatic rings. The molecule has 0 aliphatic carbocycles. The lowest BCUT2D eigenvalue weighted by molar-refractivity contribution is 0.619. The van der Waals surface area contributed by atoms with Crippen LogP contribution >= 0.6 is 11.8 Å². The lowest BCUT2D eigenvalue weighted by Gasteiger charge is -2.20. The highest BCUT2D eigenvalue weighted by molar-refractivity contribution is 7.99. The van der Waals surface area contributed by atoms with E-state index in [1.54, 1.807) is 0 Å². The third-order valence-corrected chi connectivity index (χ3v) is 5.55. The van der Waals surface area contributed by atoms with Crippen molar-refractivity contribution in [2.45, 2.75) is 68.6 Å². The molecule has 2 nitrogen and oxygen atoms in total. The molecule has 3 heteroatoms. The van der Waals surface area contributed by atoms with Gasteiger partial charge in [-0.2, -0.15) is 0 Å². The van der Waals surface area contributed by atoms with Gasteiger partial charge in [-0.3, -0.25) is 0 Å². The van der Waals surface area contributed by atoms with Crippen LogP contribution in [0.2, 0.25) is 0 Å². The molecule has 0 N–H and O–H groups in total. The van der Waals surface area contributed by atoms with Crippen LogP contribution in [-0.2, 0) is 12.8 Å². The van der Waals surface area contributed by atoms with Crippen LogP contribution in [0.5, 0.6) is 0 Å². The predicted molar refractivity (Wildman–Crippen MR) is 92.6 cm³/mol. The molecule has 0 amide bonds. The molecule has 116 valence electrons. The Bertz CT molecular complexity index is 652. The molecule has 3 rings (SSSR count). The molecule has 2 heterocycles. The van der Waals surface area contributed by atoms with Gasteiger partial charge in [0.25, 0.3) is 0 Å². The van der Waals surface area contributed by atoms with E-state index >= 15 is 0 Å². The van der Waals surface area contributed by atoms with Gasteiger partial charge in [-0.15, -0.1) is 0 Å². The molecule has 0 fully saturated rings. The van der Waals surface area contributed by atoms with Crippen LogP contribution in [0.4, 0.5) is 0 Å². The maximum atomic E-state index is 4.86. The van der Waals surface area contributed by atoms with Crippen molar-refractivity contribution in [3.05, 3.63) is 47.0 Å². The zero-order valence-electron chi connectivity index (χ0n) is 13.6. The normalized spacial score (nSPS) is 12.8. The summed E-state index contributed by atoms with van der Waals surface area (Å²) in [6.07, 6.45) is 8.45. The Morgan fingerprint density at radius 2 is 1.86 bits per heavy atom. The molecule has 0 saturated carbocycles. The van der Waals surface area contributed by atoms with Crippen LogP contribution in [0.25, 0.3) is 0 Å². The lowest BCUT2D eigenvalue weighted by Crippen LogP contribution is -2.09. The standard InChI is InChI=1S/C19H24N2S/c1-3-4-5-6-7-12-18-20-14(2)19-16(21-18)13-15-10-8-9-11-17(15)22-19/h8-11H,3-7,12-13H2,1-2H3. The summed E-state index contributed by atoms with van der Waals surface area (Å²) in [6.45, 7) is 4.38. The van der Waals surface area contributed by atoms with Gasteiger partial charge < -0.3 is 0 Å². The fourth-order valence-electron chi connectivity index (χ4n) is 2.98. The number of benzene rings is 1. The van der Waals surface area contributed by atoms with Gasteiger partial charge >= 0.3 is 0 Å². The summed E-state index contributed by atoms with van der Waals surface area (Å²) in [6, 6.07) is 8.64. The molecule has 0 spiro atoms. The quantitative estimate of drug-likeness (QED) is 0.573. The van der Waals surface area contributed by atoms with Crippen LogP contribution in [0, 0.1) is 6.92 Å². The van der Waals surface area contributed by atoms with E-state index in [4.69, 9.17) is 9.97 Å². The van der Waals surface area contributed by atoms with Gasteiger partial charge in [-0.25, -0.2) is 9.97 Å². The van der Waals surface area contributed by atoms with Crippen LogP contribution in [0.3, 0.4) is 0 Å². The van der Waals surface area contributed by atoms with E-state index in [2.05, 4.69) is 38.1 Å². The van der Waals surface area contributed by atoms with Gasteiger partial charge in [0.15, 0.2) is 0 Å². The first kappa shape index (κ1) is 15.5. The van der Waals surface area contributed by atoms with E-state index in [0.29, 0.717) is 0 Å². The second kappa shape index (κ2) is 7.28. The van der Waals surface area contributed by atoms with Crippen molar-refractivity contribution in [1.82, 2.24) is 9.97 Å². The SMILES string of the molecule is CCCCCCCc1nc(C)c2c(n1)Cc1ccccc1S2. The summed E-state index contributed by atoms with van der Waals surface area (Å²) >= 11 is 1.83. The third kappa shape index (κ3) is 3.52. The largest absolute Gasteiger partial charge is 0.237 e. The Balaban J connectivity index is 1.71. The molecule has 0 saturated heterocycles. The van der Waals surface area contributed by atoms with E-state index in [0.717, 1.165) is 24.4 Å². The van der Waals surface area contributed by atoms with E-state index in [9.17, 15) is 0 Å². The second-order valence-corrected chi connectivity index (χ2v) is 7.10. The molecular weight excluding hydrogens is 288 g/mol. The minimum absolute atomic E-state index is 0.949. The number of aromatic nitrogens is 2. The Morgan fingerprint density at radius 3 is 2.73 bits per heavy atom. The van der Waals surface area contributed by atoms with E-state index in [-0.39, 0.29) is 0 Å². The number of unbranched alkanes of at least 4 members (excludes halogenated alkanes) is 4. The average Bonchev–Trinajstić information content (AvgIpc) is 2.53. The molecule has 0 atom stereocenters. The first-order valence-corrected chi connectivity index (χ1v) is 9.21. The summed E-state index contributed by atoms with van der Waals surface area (Å²) < 4.78 is 0. The number of hydrogen-bond donors (Lipinski definition) is 0. The Morgan fingerprint density at radius 1 is 1.05 bits per heavy atom. The molecule has 1 aromatic heterocycles. The van der Waals surface area contributed by atoms with Gasteiger partial charge in [0.05, 0.1) is 16.3 Å².